The van der Waals surface area contributed by atoms with E-state index in [0.717, 1.165) is 15.9 Å². The van der Waals surface area contributed by atoms with Gasteiger partial charge in [-0.25, -0.2) is 9.78 Å². The van der Waals surface area contributed by atoms with Crippen molar-refractivity contribution < 1.29 is 14.7 Å². The molecule has 0 radical (unpaired) electrons. The lowest BCUT2D eigenvalue weighted by molar-refractivity contribution is -0.116. The van der Waals surface area contributed by atoms with Crippen LogP contribution in [0, 0.1) is 6.92 Å². The summed E-state index contributed by atoms with van der Waals surface area (Å²) in [6.07, 6.45) is 0. The number of halogens is 2. The number of nitrogens with zero attached hydrogens (tertiary/aromatic N) is 2. The maximum Gasteiger partial charge on any atom is 0.337 e. The highest BCUT2D eigenvalue weighted by molar-refractivity contribution is 7.17. The minimum Gasteiger partial charge on any atom is -0.478 e. The first-order valence-electron chi connectivity index (χ1n) is 7.24. The summed E-state index contributed by atoms with van der Waals surface area (Å²) in [6, 6.07) is 4.60. The number of aryl methyl sites for hydroxylation is 1. The highest BCUT2D eigenvalue weighted by Crippen LogP contribution is 2.25. The first-order chi connectivity index (χ1) is 12.3. The van der Waals surface area contributed by atoms with E-state index < -0.39 is 17.4 Å². The number of hydrogen-bond donors (Lipinski definition) is 2. The van der Waals surface area contributed by atoms with Crippen LogP contribution in [0.3, 0.4) is 0 Å². The number of hydrogen-bond acceptors (Lipinski definition) is 5. The molecular formula is C16H11Cl2N3O4S. The molecule has 134 valence electrons. The number of rotatable bonds is 4. The maximum absolute atomic E-state index is 12.7. The number of anilines is 1. The van der Waals surface area contributed by atoms with Crippen LogP contribution in [-0.4, -0.2) is 26.5 Å². The Morgan fingerprint density at radius 1 is 1.35 bits per heavy atom. The van der Waals surface area contributed by atoms with Crippen LogP contribution in [0.2, 0.25) is 10.0 Å². The normalized spacial score (nSPS) is 10.9. The third kappa shape index (κ3) is 3.44. The van der Waals surface area contributed by atoms with Gasteiger partial charge in [-0.1, -0.05) is 23.2 Å². The highest BCUT2D eigenvalue weighted by atomic mass is 35.5. The molecule has 2 aromatic heterocycles. The lowest BCUT2D eigenvalue weighted by Crippen LogP contribution is -2.30. The molecule has 0 spiro atoms. The third-order valence-corrected chi connectivity index (χ3v) is 5.06. The number of benzene rings is 1. The smallest absolute Gasteiger partial charge is 0.337 e. The fourth-order valence-electron chi connectivity index (χ4n) is 2.40. The minimum absolute atomic E-state index is 0.0123. The van der Waals surface area contributed by atoms with Gasteiger partial charge >= 0.3 is 5.97 Å². The van der Waals surface area contributed by atoms with Crippen molar-refractivity contribution in [3.63, 3.8) is 0 Å². The molecule has 2 heterocycles. The van der Waals surface area contributed by atoms with Gasteiger partial charge in [-0.3, -0.25) is 14.2 Å². The predicted molar refractivity (Wildman–Crippen MR) is 101 cm³/mol. The molecule has 1 aromatic carbocycles. The number of carboxylic acids is 1. The van der Waals surface area contributed by atoms with Crippen molar-refractivity contribution in [2.24, 2.45) is 0 Å². The summed E-state index contributed by atoms with van der Waals surface area (Å²) < 4.78 is 1.12. The molecule has 10 heteroatoms. The fraction of sp³-hybridized carbons (Fsp3) is 0.125. The largest absolute Gasteiger partial charge is 0.478 e. The first kappa shape index (κ1) is 18.4. The van der Waals surface area contributed by atoms with Gasteiger partial charge in [0.2, 0.25) is 5.91 Å². The number of carboxylic acid groups (broad SMARTS) is 1. The zero-order chi connectivity index (χ0) is 19.0. The lowest BCUT2D eigenvalue weighted by atomic mass is 10.2. The Kier molecular flexibility index (Phi) is 4.99. The summed E-state index contributed by atoms with van der Waals surface area (Å²) in [5.74, 6) is -1.44. The average Bonchev–Trinajstić information content (AvgIpc) is 2.99. The molecule has 3 rings (SSSR count). The molecule has 0 bridgehead atoms. The van der Waals surface area contributed by atoms with E-state index in [1.165, 1.54) is 17.5 Å². The van der Waals surface area contributed by atoms with E-state index in [0.29, 0.717) is 26.4 Å². The number of aromatic carboxylic acids is 1. The lowest BCUT2D eigenvalue weighted by Gasteiger charge is -2.11. The topological polar surface area (TPSA) is 101 Å². The molecule has 3 aromatic rings. The Bertz CT molecular complexity index is 1110. The number of nitrogens with one attached hydrogen (secondary N) is 1. The molecule has 0 aliphatic rings. The van der Waals surface area contributed by atoms with Gasteiger partial charge in [0.05, 0.1) is 21.7 Å². The monoisotopic (exact) mass is 411 g/mol. The number of amides is 1. The maximum atomic E-state index is 12.7. The van der Waals surface area contributed by atoms with Gasteiger partial charge in [-0.15, -0.1) is 11.3 Å². The molecule has 0 saturated carbocycles. The van der Waals surface area contributed by atoms with Crippen LogP contribution in [0.15, 0.2) is 28.4 Å². The third-order valence-electron chi connectivity index (χ3n) is 3.62. The SMILES string of the molecule is Cc1nc2scc(C(=O)O)c2c(=O)n1CC(=O)Nc1cc(Cl)ccc1Cl. The molecule has 1 amide bonds. The number of carbonyl (C=O) groups is 2. The molecule has 7 nitrogen and oxygen atoms in total. The standard InChI is InChI=1S/C16H11Cl2N3O4S/c1-7-19-14-13(9(6-26-14)16(24)25)15(23)21(7)5-12(22)20-11-4-8(17)2-3-10(11)18/h2-4,6H,5H2,1H3,(H,20,22)(H,24,25). The molecular weight excluding hydrogens is 401 g/mol. The van der Waals surface area contributed by atoms with E-state index in [2.05, 4.69) is 10.3 Å². The predicted octanol–water partition coefficient (Wildman–Crippen LogP) is 3.41. The van der Waals surface area contributed by atoms with Crippen molar-refractivity contribution in [3.05, 3.63) is 55.4 Å². The van der Waals surface area contributed by atoms with Crippen LogP contribution in [-0.2, 0) is 11.3 Å². The van der Waals surface area contributed by atoms with Gasteiger partial charge in [-0.05, 0) is 25.1 Å². The summed E-state index contributed by atoms with van der Waals surface area (Å²) in [7, 11) is 0. The number of aromatic nitrogens is 2. The van der Waals surface area contributed by atoms with Crippen LogP contribution < -0.4 is 10.9 Å². The summed E-state index contributed by atoms with van der Waals surface area (Å²) in [5.41, 5.74) is -0.404. The van der Waals surface area contributed by atoms with E-state index in [1.807, 2.05) is 0 Å². The van der Waals surface area contributed by atoms with Gasteiger partial charge in [0.15, 0.2) is 0 Å². The second-order valence-electron chi connectivity index (χ2n) is 5.36. The molecule has 26 heavy (non-hydrogen) atoms. The van der Waals surface area contributed by atoms with Gasteiger partial charge in [0.1, 0.15) is 17.2 Å². The van der Waals surface area contributed by atoms with E-state index in [-0.39, 0.29) is 17.5 Å². The molecule has 0 saturated heterocycles. The van der Waals surface area contributed by atoms with Crippen molar-refractivity contribution in [3.8, 4) is 0 Å². The molecule has 0 unspecified atom stereocenters. The van der Waals surface area contributed by atoms with Crippen LogP contribution in [0.5, 0.6) is 0 Å². The first-order valence-corrected chi connectivity index (χ1v) is 8.88. The van der Waals surface area contributed by atoms with Crippen molar-refractivity contribution in [1.29, 1.82) is 0 Å². The molecule has 0 aliphatic heterocycles. The van der Waals surface area contributed by atoms with E-state index in [1.54, 1.807) is 13.0 Å². The van der Waals surface area contributed by atoms with E-state index in [4.69, 9.17) is 23.2 Å². The Labute approximate surface area is 160 Å². The number of carbonyl (C=O) groups excluding carboxylic acids is 1. The van der Waals surface area contributed by atoms with Gasteiger partial charge in [-0.2, -0.15) is 0 Å². The summed E-state index contributed by atoms with van der Waals surface area (Å²) in [5, 5.41) is 13.8. The summed E-state index contributed by atoms with van der Waals surface area (Å²) >= 11 is 13.0. The van der Waals surface area contributed by atoms with Crippen LogP contribution >= 0.6 is 34.5 Å². The molecule has 0 atom stereocenters. The molecule has 0 aliphatic carbocycles. The molecule has 2 N–H and O–H groups in total. The van der Waals surface area contributed by atoms with Crippen molar-refractivity contribution in [2.45, 2.75) is 13.5 Å². The summed E-state index contributed by atoms with van der Waals surface area (Å²) in [6.45, 7) is 1.23. The number of thiophene rings is 1. The van der Waals surface area contributed by atoms with Crippen LogP contribution in [0.25, 0.3) is 10.2 Å². The van der Waals surface area contributed by atoms with Crippen LogP contribution in [0.1, 0.15) is 16.2 Å². The number of fused-ring (bicyclic) bond motifs is 1. The van der Waals surface area contributed by atoms with Crippen LogP contribution in [0.4, 0.5) is 5.69 Å². The van der Waals surface area contributed by atoms with Gasteiger partial charge in [0, 0.05) is 10.4 Å². The van der Waals surface area contributed by atoms with E-state index in [9.17, 15) is 19.5 Å². The van der Waals surface area contributed by atoms with E-state index >= 15 is 0 Å². The fourth-order valence-corrected chi connectivity index (χ4v) is 3.68. The highest BCUT2D eigenvalue weighted by Gasteiger charge is 2.19. The second-order valence-corrected chi connectivity index (χ2v) is 7.06. The Morgan fingerprint density at radius 2 is 2.08 bits per heavy atom. The Hall–Kier alpha value is -2.42. The Morgan fingerprint density at radius 3 is 2.77 bits per heavy atom. The Balaban J connectivity index is 1.96. The summed E-state index contributed by atoms with van der Waals surface area (Å²) in [4.78, 5) is 40.8. The van der Waals surface area contributed by atoms with Gasteiger partial charge in [0.25, 0.3) is 5.56 Å². The molecule has 0 fully saturated rings. The van der Waals surface area contributed by atoms with Crippen molar-refractivity contribution in [1.82, 2.24) is 9.55 Å². The zero-order valence-electron chi connectivity index (χ0n) is 13.2. The minimum atomic E-state index is -1.22. The second kappa shape index (κ2) is 7.06. The quantitative estimate of drug-likeness (QED) is 0.684. The average molecular weight is 412 g/mol. The van der Waals surface area contributed by atoms with Crippen molar-refractivity contribution >= 4 is 62.3 Å². The van der Waals surface area contributed by atoms with Gasteiger partial charge < -0.3 is 10.4 Å². The van der Waals surface area contributed by atoms with Crippen molar-refractivity contribution in [2.75, 3.05) is 5.32 Å². The zero-order valence-corrected chi connectivity index (χ0v) is 15.6.